The molecule has 2 aromatic rings. The SMILES string of the molecule is CCOC(=O)c1cccc(NS(=O)(=O)c2cc(C(=O)OC)n(C)c2)c1. The maximum Gasteiger partial charge on any atom is 0.354 e. The highest BCUT2D eigenvalue weighted by Crippen LogP contribution is 2.20. The molecule has 0 aliphatic rings. The van der Waals surface area contributed by atoms with E-state index in [1.165, 1.54) is 55.3 Å². The van der Waals surface area contributed by atoms with Crippen molar-refractivity contribution in [1.82, 2.24) is 4.57 Å². The van der Waals surface area contributed by atoms with Crippen molar-refractivity contribution >= 4 is 27.6 Å². The summed E-state index contributed by atoms with van der Waals surface area (Å²) in [4.78, 5) is 23.2. The number of benzene rings is 1. The number of carbonyl (C=O) groups excluding carboxylic acids is 2. The molecule has 1 aromatic heterocycles. The molecule has 0 atom stereocenters. The lowest BCUT2D eigenvalue weighted by atomic mass is 10.2. The average Bonchev–Trinajstić information content (AvgIpc) is 2.97. The number of nitrogens with one attached hydrogen (secondary N) is 1. The third-order valence-corrected chi connectivity index (χ3v) is 4.66. The second-order valence-corrected chi connectivity index (χ2v) is 6.75. The second-order valence-electron chi connectivity index (χ2n) is 5.07. The van der Waals surface area contributed by atoms with Gasteiger partial charge < -0.3 is 14.0 Å². The predicted molar refractivity (Wildman–Crippen MR) is 90.0 cm³/mol. The van der Waals surface area contributed by atoms with E-state index in [1.54, 1.807) is 6.92 Å². The zero-order chi connectivity index (χ0) is 18.6. The molecule has 0 saturated carbocycles. The van der Waals surface area contributed by atoms with Crippen LogP contribution in [0.5, 0.6) is 0 Å². The number of sulfonamides is 1. The Morgan fingerprint density at radius 1 is 1.20 bits per heavy atom. The fraction of sp³-hybridized carbons (Fsp3) is 0.250. The monoisotopic (exact) mass is 366 g/mol. The number of nitrogens with zero attached hydrogens (tertiary/aromatic N) is 1. The van der Waals surface area contributed by atoms with Crippen molar-refractivity contribution < 1.29 is 27.5 Å². The Labute approximate surface area is 145 Å². The summed E-state index contributed by atoms with van der Waals surface area (Å²) in [6.45, 7) is 1.90. The first-order valence-corrected chi connectivity index (χ1v) is 8.81. The van der Waals surface area contributed by atoms with Gasteiger partial charge in [-0.05, 0) is 31.2 Å². The Balaban J connectivity index is 2.29. The van der Waals surface area contributed by atoms with Gasteiger partial charge in [0.05, 0.1) is 19.3 Å². The van der Waals surface area contributed by atoms with Gasteiger partial charge in [-0.15, -0.1) is 0 Å². The number of aromatic nitrogens is 1. The maximum absolute atomic E-state index is 12.5. The van der Waals surface area contributed by atoms with Crippen LogP contribution in [0.2, 0.25) is 0 Å². The molecule has 8 nitrogen and oxygen atoms in total. The Hall–Kier alpha value is -2.81. The van der Waals surface area contributed by atoms with Crippen molar-refractivity contribution in [2.75, 3.05) is 18.4 Å². The van der Waals surface area contributed by atoms with Gasteiger partial charge in [0, 0.05) is 18.9 Å². The van der Waals surface area contributed by atoms with Gasteiger partial charge in [-0.2, -0.15) is 0 Å². The quantitative estimate of drug-likeness (QED) is 0.782. The van der Waals surface area contributed by atoms with Crippen LogP contribution in [0.4, 0.5) is 5.69 Å². The molecule has 0 radical (unpaired) electrons. The van der Waals surface area contributed by atoms with Gasteiger partial charge in [0.15, 0.2) is 0 Å². The summed E-state index contributed by atoms with van der Waals surface area (Å²) in [5, 5.41) is 0. The van der Waals surface area contributed by atoms with Gasteiger partial charge in [0.2, 0.25) is 0 Å². The summed E-state index contributed by atoms with van der Waals surface area (Å²) in [5.74, 6) is -1.19. The van der Waals surface area contributed by atoms with Gasteiger partial charge in [-0.25, -0.2) is 18.0 Å². The molecule has 0 amide bonds. The molecule has 25 heavy (non-hydrogen) atoms. The lowest BCUT2D eigenvalue weighted by Crippen LogP contribution is -2.13. The Morgan fingerprint density at radius 2 is 1.92 bits per heavy atom. The Kier molecular flexibility index (Phi) is 5.48. The van der Waals surface area contributed by atoms with E-state index in [0.717, 1.165) is 0 Å². The number of methoxy groups -OCH3 is 1. The molecule has 134 valence electrons. The van der Waals surface area contributed by atoms with E-state index >= 15 is 0 Å². The molecular formula is C16H18N2O6S. The van der Waals surface area contributed by atoms with Crippen LogP contribution in [0.3, 0.4) is 0 Å². The molecule has 9 heteroatoms. The van der Waals surface area contributed by atoms with Crippen molar-refractivity contribution in [3.05, 3.63) is 47.8 Å². The molecule has 0 bridgehead atoms. The minimum atomic E-state index is -3.94. The third kappa shape index (κ3) is 4.18. The average molecular weight is 366 g/mol. The first-order valence-electron chi connectivity index (χ1n) is 7.33. The number of rotatable bonds is 6. The largest absolute Gasteiger partial charge is 0.464 e. The van der Waals surface area contributed by atoms with Crippen LogP contribution in [0.1, 0.15) is 27.8 Å². The van der Waals surface area contributed by atoms with E-state index in [1.807, 2.05) is 0 Å². The van der Waals surface area contributed by atoms with Crippen LogP contribution >= 0.6 is 0 Å². The molecule has 1 aromatic carbocycles. The normalized spacial score (nSPS) is 11.0. The lowest BCUT2D eigenvalue weighted by molar-refractivity contribution is 0.0525. The van der Waals surface area contributed by atoms with Crippen LogP contribution in [0.15, 0.2) is 41.4 Å². The van der Waals surface area contributed by atoms with E-state index in [2.05, 4.69) is 9.46 Å². The summed E-state index contributed by atoms with van der Waals surface area (Å²) in [6.07, 6.45) is 1.30. The van der Waals surface area contributed by atoms with Gasteiger partial charge >= 0.3 is 11.9 Å². The lowest BCUT2D eigenvalue weighted by Gasteiger charge is -2.08. The highest BCUT2D eigenvalue weighted by Gasteiger charge is 2.21. The summed E-state index contributed by atoms with van der Waals surface area (Å²) < 4.78 is 38.2. The van der Waals surface area contributed by atoms with E-state index in [0.29, 0.717) is 0 Å². The number of carbonyl (C=O) groups is 2. The zero-order valence-corrected chi connectivity index (χ0v) is 14.8. The minimum Gasteiger partial charge on any atom is -0.464 e. The molecule has 0 saturated heterocycles. The topological polar surface area (TPSA) is 104 Å². The van der Waals surface area contributed by atoms with Crippen molar-refractivity contribution in [2.24, 2.45) is 7.05 Å². The van der Waals surface area contributed by atoms with E-state index in [4.69, 9.17) is 4.74 Å². The molecule has 2 rings (SSSR count). The van der Waals surface area contributed by atoms with Crippen molar-refractivity contribution in [3.8, 4) is 0 Å². The van der Waals surface area contributed by atoms with Crippen LogP contribution in [0, 0.1) is 0 Å². The van der Waals surface area contributed by atoms with E-state index < -0.39 is 22.0 Å². The van der Waals surface area contributed by atoms with Crippen LogP contribution in [0.25, 0.3) is 0 Å². The molecule has 0 fully saturated rings. The molecular weight excluding hydrogens is 348 g/mol. The smallest absolute Gasteiger partial charge is 0.354 e. The summed E-state index contributed by atoms with van der Waals surface area (Å²) >= 11 is 0. The summed E-state index contributed by atoms with van der Waals surface area (Å²) in [7, 11) is -1.20. The molecule has 1 heterocycles. The van der Waals surface area contributed by atoms with Gasteiger partial charge in [0.25, 0.3) is 10.0 Å². The standard InChI is InChI=1S/C16H18N2O6S/c1-4-24-15(19)11-6-5-7-12(8-11)17-25(21,22)13-9-14(16(20)23-3)18(2)10-13/h5-10,17H,4H2,1-3H3. The minimum absolute atomic E-state index is 0.100. The van der Waals surface area contributed by atoms with Crippen molar-refractivity contribution in [2.45, 2.75) is 11.8 Å². The molecule has 0 spiro atoms. The van der Waals surface area contributed by atoms with E-state index in [-0.39, 0.29) is 28.4 Å². The highest BCUT2D eigenvalue weighted by molar-refractivity contribution is 7.92. The number of esters is 2. The number of hydrogen-bond acceptors (Lipinski definition) is 6. The van der Waals surface area contributed by atoms with Crippen molar-refractivity contribution in [3.63, 3.8) is 0 Å². The fourth-order valence-electron chi connectivity index (χ4n) is 2.13. The second kappa shape index (κ2) is 7.39. The van der Waals surface area contributed by atoms with Crippen LogP contribution < -0.4 is 4.72 Å². The summed E-state index contributed by atoms with van der Waals surface area (Å²) in [6, 6.07) is 7.15. The maximum atomic E-state index is 12.5. The summed E-state index contributed by atoms with van der Waals surface area (Å²) in [5.41, 5.74) is 0.530. The number of anilines is 1. The van der Waals surface area contributed by atoms with Gasteiger partial charge in [0.1, 0.15) is 10.6 Å². The first-order chi connectivity index (χ1) is 11.8. The predicted octanol–water partition coefficient (Wildman–Crippen LogP) is 1.79. The fourth-order valence-corrected chi connectivity index (χ4v) is 3.25. The highest BCUT2D eigenvalue weighted by atomic mass is 32.2. The van der Waals surface area contributed by atoms with Crippen LogP contribution in [-0.2, 0) is 26.5 Å². The molecule has 1 N–H and O–H groups in total. The third-order valence-electron chi connectivity index (χ3n) is 3.31. The molecule has 0 aliphatic heterocycles. The Bertz CT molecular complexity index is 901. The molecule has 0 aliphatic carbocycles. The Morgan fingerprint density at radius 3 is 2.56 bits per heavy atom. The van der Waals surface area contributed by atoms with E-state index in [9.17, 15) is 18.0 Å². The first kappa shape index (κ1) is 18.5. The van der Waals surface area contributed by atoms with Crippen molar-refractivity contribution in [1.29, 1.82) is 0 Å². The van der Waals surface area contributed by atoms with Gasteiger partial charge in [-0.1, -0.05) is 6.07 Å². The number of aryl methyl sites for hydroxylation is 1. The van der Waals surface area contributed by atoms with Crippen LogP contribution in [-0.4, -0.2) is 38.6 Å². The zero-order valence-electron chi connectivity index (χ0n) is 14.0. The van der Waals surface area contributed by atoms with Gasteiger partial charge in [-0.3, -0.25) is 4.72 Å². The molecule has 0 unspecified atom stereocenters. The number of hydrogen-bond donors (Lipinski definition) is 1. The number of ether oxygens (including phenoxy) is 2.